The summed E-state index contributed by atoms with van der Waals surface area (Å²) >= 11 is 0. The highest BCUT2D eigenvalue weighted by Gasteiger charge is 2.30. The minimum Gasteiger partial charge on any atom is -0.330 e. The Morgan fingerprint density at radius 2 is 1.48 bits per heavy atom. The summed E-state index contributed by atoms with van der Waals surface area (Å²) in [6.45, 7) is 0.612. The van der Waals surface area contributed by atoms with Crippen molar-refractivity contribution in [3.8, 4) is 23.0 Å². The zero-order valence-corrected chi connectivity index (χ0v) is 16.3. The van der Waals surface area contributed by atoms with Gasteiger partial charge in [-0.05, 0) is 43.7 Å². The molecule has 12 heteroatoms. The Morgan fingerprint density at radius 3 is 1.97 bits per heavy atom. The van der Waals surface area contributed by atoms with Crippen molar-refractivity contribution >= 4 is 11.6 Å². The number of unbranched alkanes of at least 4 members (excludes halogenated alkanes) is 2. The average molecular weight is 432 g/mol. The molecule has 9 nitrogen and oxygen atoms in total. The third-order valence-electron chi connectivity index (χ3n) is 4.18. The fourth-order valence-corrected chi connectivity index (χ4v) is 2.56. The van der Waals surface area contributed by atoms with Crippen molar-refractivity contribution in [2.75, 3.05) is 11.9 Å². The second-order valence-electron chi connectivity index (χ2n) is 6.56. The summed E-state index contributed by atoms with van der Waals surface area (Å²) in [5.74, 6) is -0.00846. The topological polar surface area (TPSA) is 132 Å². The van der Waals surface area contributed by atoms with E-state index in [-0.39, 0.29) is 23.2 Å². The quantitative estimate of drug-likeness (QED) is 0.519. The van der Waals surface area contributed by atoms with E-state index in [0.29, 0.717) is 30.5 Å². The van der Waals surface area contributed by atoms with E-state index < -0.39 is 11.7 Å². The molecule has 31 heavy (non-hydrogen) atoms. The van der Waals surface area contributed by atoms with Crippen LogP contribution in [0, 0.1) is 0 Å². The van der Waals surface area contributed by atoms with Crippen LogP contribution in [-0.2, 0) is 11.0 Å². The molecule has 3 rings (SSSR count). The number of hydrogen-bond acceptors (Lipinski definition) is 8. The number of pyridine rings is 2. The lowest BCUT2D eigenvalue weighted by Gasteiger charge is -2.06. The third kappa shape index (κ3) is 6.22. The van der Waals surface area contributed by atoms with E-state index in [1.165, 1.54) is 6.20 Å². The molecular weight excluding hydrogens is 413 g/mol. The van der Waals surface area contributed by atoms with Crippen LogP contribution < -0.4 is 11.1 Å². The maximum atomic E-state index is 12.6. The number of carbonyl (C=O) groups is 1. The molecule has 0 atom stereocenters. The molecule has 0 aromatic carbocycles. The maximum absolute atomic E-state index is 12.6. The SMILES string of the molecule is NCCCCCC(=O)Nc1ccc(-c2nnc(-c3ccc(C(F)(F)F)cn3)nn2)nc1. The molecule has 0 saturated heterocycles. The Balaban J connectivity index is 1.61. The van der Waals surface area contributed by atoms with Crippen molar-refractivity contribution in [1.29, 1.82) is 0 Å². The maximum Gasteiger partial charge on any atom is 0.417 e. The molecule has 162 valence electrons. The smallest absolute Gasteiger partial charge is 0.330 e. The lowest BCUT2D eigenvalue weighted by molar-refractivity contribution is -0.137. The number of alkyl halides is 3. The highest BCUT2D eigenvalue weighted by atomic mass is 19.4. The van der Waals surface area contributed by atoms with Crippen LogP contribution in [0.15, 0.2) is 36.7 Å². The zero-order valence-electron chi connectivity index (χ0n) is 16.3. The normalized spacial score (nSPS) is 11.4. The van der Waals surface area contributed by atoms with E-state index in [2.05, 4.69) is 35.7 Å². The number of nitrogens with one attached hydrogen (secondary N) is 1. The van der Waals surface area contributed by atoms with Gasteiger partial charge in [-0.2, -0.15) is 13.2 Å². The summed E-state index contributed by atoms with van der Waals surface area (Å²) in [6, 6.07) is 5.27. The van der Waals surface area contributed by atoms with E-state index in [1.807, 2.05) is 0 Å². The molecule has 1 amide bonds. The Kier molecular flexibility index (Phi) is 7.13. The van der Waals surface area contributed by atoms with Crippen molar-refractivity contribution in [3.63, 3.8) is 0 Å². The van der Waals surface area contributed by atoms with Gasteiger partial charge in [0.15, 0.2) is 0 Å². The number of nitrogens with zero attached hydrogens (tertiary/aromatic N) is 6. The number of anilines is 1. The number of amides is 1. The number of hydrogen-bond donors (Lipinski definition) is 2. The highest BCUT2D eigenvalue weighted by Crippen LogP contribution is 2.29. The molecule has 0 aliphatic carbocycles. The third-order valence-corrected chi connectivity index (χ3v) is 4.18. The van der Waals surface area contributed by atoms with E-state index in [4.69, 9.17) is 5.73 Å². The van der Waals surface area contributed by atoms with Crippen LogP contribution in [0.25, 0.3) is 23.0 Å². The van der Waals surface area contributed by atoms with Crippen molar-refractivity contribution < 1.29 is 18.0 Å². The number of carbonyl (C=O) groups excluding carboxylic acids is 1. The predicted octanol–water partition coefficient (Wildman–Crippen LogP) is 2.87. The predicted molar refractivity (Wildman–Crippen MR) is 105 cm³/mol. The standard InChI is InChI=1S/C19H19F3N8O/c20-19(21,22)12-5-7-14(24-10-12)17-27-29-18(30-28-17)15-8-6-13(11-25-15)26-16(31)4-2-1-3-9-23/h5-8,10-11H,1-4,9,23H2,(H,26,31). The molecule has 0 unspecified atom stereocenters. The minimum absolute atomic E-state index is 0.0176. The first-order valence-electron chi connectivity index (χ1n) is 9.44. The molecule has 3 N–H and O–H groups in total. The van der Waals surface area contributed by atoms with Crippen LogP contribution in [0.4, 0.5) is 18.9 Å². The van der Waals surface area contributed by atoms with Crippen LogP contribution in [0.3, 0.4) is 0 Å². The van der Waals surface area contributed by atoms with Crippen LogP contribution in [-0.4, -0.2) is 42.8 Å². The molecule has 0 bridgehead atoms. The molecule has 0 saturated carbocycles. The van der Waals surface area contributed by atoms with Gasteiger partial charge in [-0.1, -0.05) is 6.42 Å². The molecule has 3 heterocycles. The average Bonchev–Trinajstić information content (AvgIpc) is 2.77. The van der Waals surface area contributed by atoms with Gasteiger partial charge in [0.25, 0.3) is 0 Å². The Bertz CT molecular complexity index is 993. The Labute approximate surface area is 175 Å². The molecule has 0 spiro atoms. The van der Waals surface area contributed by atoms with Gasteiger partial charge < -0.3 is 11.1 Å². The minimum atomic E-state index is -4.48. The highest BCUT2D eigenvalue weighted by molar-refractivity contribution is 5.90. The van der Waals surface area contributed by atoms with Crippen molar-refractivity contribution in [3.05, 3.63) is 42.2 Å². The van der Waals surface area contributed by atoms with E-state index in [0.717, 1.165) is 31.4 Å². The number of nitrogens with two attached hydrogens (primary N) is 1. The molecule has 0 fully saturated rings. The summed E-state index contributed by atoms with van der Waals surface area (Å²) in [5.41, 5.74) is 5.55. The lowest BCUT2D eigenvalue weighted by atomic mass is 10.2. The van der Waals surface area contributed by atoms with Crippen LogP contribution in [0.5, 0.6) is 0 Å². The Hall–Kier alpha value is -3.54. The summed E-state index contributed by atoms with van der Waals surface area (Å²) in [5, 5.41) is 18.3. The van der Waals surface area contributed by atoms with Gasteiger partial charge >= 0.3 is 6.18 Å². The van der Waals surface area contributed by atoms with Gasteiger partial charge in [-0.3, -0.25) is 14.8 Å². The first kappa shape index (κ1) is 22.2. The fraction of sp³-hybridized carbons (Fsp3) is 0.316. The molecular formula is C19H19F3N8O. The van der Waals surface area contributed by atoms with Gasteiger partial charge in [0, 0.05) is 12.6 Å². The number of halogens is 3. The fourth-order valence-electron chi connectivity index (χ4n) is 2.56. The van der Waals surface area contributed by atoms with Gasteiger partial charge in [-0.15, -0.1) is 20.4 Å². The van der Waals surface area contributed by atoms with Gasteiger partial charge in [0.1, 0.15) is 11.4 Å². The molecule has 3 aromatic heterocycles. The summed E-state index contributed by atoms with van der Waals surface area (Å²) in [7, 11) is 0. The number of aromatic nitrogens is 6. The van der Waals surface area contributed by atoms with E-state index >= 15 is 0 Å². The second-order valence-corrected chi connectivity index (χ2v) is 6.56. The lowest BCUT2D eigenvalue weighted by Crippen LogP contribution is -2.11. The van der Waals surface area contributed by atoms with Crippen LogP contribution >= 0.6 is 0 Å². The first-order valence-corrected chi connectivity index (χ1v) is 9.44. The van der Waals surface area contributed by atoms with E-state index in [1.54, 1.807) is 12.1 Å². The van der Waals surface area contributed by atoms with Gasteiger partial charge in [-0.25, -0.2) is 0 Å². The van der Waals surface area contributed by atoms with Crippen LogP contribution in [0.2, 0.25) is 0 Å². The second kappa shape index (κ2) is 9.98. The van der Waals surface area contributed by atoms with Crippen molar-refractivity contribution in [1.82, 2.24) is 30.4 Å². The summed E-state index contributed by atoms with van der Waals surface area (Å²) in [6.07, 6.45) is 0.628. The van der Waals surface area contributed by atoms with Gasteiger partial charge in [0.05, 0.1) is 17.4 Å². The molecule has 3 aromatic rings. The van der Waals surface area contributed by atoms with E-state index in [9.17, 15) is 18.0 Å². The molecule has 0 aliphatic rings. The Morgan fingerprint density at radius 1 is 0.871 bits per heavy atom. The number of rotatable bonds is 8. The largest absolute Gasteiger partial charge is 0.417 e. The van der Waals surface area contributed by atoms with Crippen molar-refractivity contribution in [2.45, 2.75) is 31.9 Å². The molecule has 0 aliphatic heterocycles. The van der Waals surface area contributed by atoms with Gasteiger partial charge in [0.2, 0.25) is 17.6 Å². The summed E-state index contributed by atoms with van der Waals surface area (Å²) in [4.78, 5) is 19.8. The van der Waals surface area contributed by atoms with Crippen molar-refractivity contribution in [2.24, 2.45) is 5.73 Å². The zero-order chi connectivity index (χ0) is 22.3. The first-order chi connectivity index (χ1) is 14.9. The monoisotopic (exact) mass is 432 g/mol. The molecule has 0 radical (unpaired) electrons. The van der Waals surface area contributed by atoms with Crippen LogP contribution in [0.1, 0.15) is 31.2 Å². The summed E-state index contributed by atoms with van der Waals surface area (Å²) < 4.78 is 37.8.